The Labute approximate surface area is 185 Å². The van der Waals surface area contributed by atoms with Crippen molar-refractivity contribution in [2.24, 2.45) is 0 Å². The zero-order valence-electron chi connectivity index (χ0n) is 16.8. The molecule has 160 valence electrons. The highest BCUT2D eigenvalue weighted by atomic mass is 79.9. The van der Waals surface area contributed by atoms with Crippen LogP contribution in [0.2, 0.25) is 0 Å². The van der Waals surface area contributed by atoms with Crippen molar-refractivity contribution in [1.82, 2.24) is 0 Å². The first-order chi connectivity index (χ1) is 13.7. The highest BCUT2D eigenvalue weighted by molar-refractivity contribution is 5.85. The fourth-order valence-corrected chi connectivity index (χ4v) is 4.44. The van der Waals surface area contributed by atoms with E-state index in [0.717, 1.165) is 16.6 Å². The number of carbonyl (C=O) groups is 1. The number of halogens is 3. The molecule has 0 aromatic heterocycles. The molecule has 4 nitrogen and oxygen atoms in total. The van der Waals surface area contributed by atoms with Crippen molar-refractivity contribution in [3.8, 4) is 0 Å². The summed E-state index contributed by atoms with van der Waals surface area (Å²) in [7, 11) is 4.28. The summed E-state index contributed by atoms with van der Waals surface area (Å²) < 4.78 is 34.3. The molecule has 2 heterocycles. The van der Waals surface area contributed by atoms with Crippen LogP contribution >= 0.6 is 0 Å². The number of aliphatic hydroxyl groups is 1. The van der Waals surface area contributed by atoms with Gasteiger partial charge in [-0.2, -0.15) is 0 Å². The number of nitrogens with zero attached hydrogens (tertiary/aromatic N) is 1. The van der Waals surface area contributed by atoms with Gasteiger partial charge in [0.1, 0.15) is 29.8 Å². The molecule has 2 aliphatic rings. The number of fused-ring (bicyclic) bond motifs is 2. The van der Waals surface area contributed by atoms with Crippen molar-refractivity contribution in [2.45, 2.75) is 36.6 Å². The number of likely N-dealkylation sites (N-methyl/N-ethyl adjacent to an activating group) is 1. The number of hydrogen-bond acceptors (Lipinski definition) is 3. The number of piperidine rings is 1. The quantitative estimate of drug-likeness (QED) is 0.389. The number of hydrogen-bond donors (Lipinski definition) is 1. The third kappa shape index (κ3) is 3.82. The molecule has 2 aromatic carbocycles. The summed E-state index contributed by atoms with van der Waals surface area (Å²) in [5.74, 6) is -2.14. The molecule has 0 amide bonds. The first-order valence-corrected chi connectivity index (χ1v) is 9.68. The van der Waals surface area contributed by atoms with Crippen LogP contribution in [0.3, 0.4) is 0 Å². The topological polar surface area (TPSA) is 46.5 Å². The molecule has 1 saturated heterocycles. The molecule has 2 bridgehead atoms. The van der Waals surface area contributed by atoms with E-state index in [0.29, 0.717) is 12.8 Å². The van der Waals surface area contributed by atoms with E-state index in [1.54, 1.807) is 0 Å². The first-order valence-electron chi connectivity index (χ1n) is 9.68. The molecule has 1 N–H and O–H groups in total. The van der Waals surface area contributed by atoms with Gasteiger partial charge in [-0.15, -0.1) is 0 Å². The summed E-state index contributed by atoms with van der Waals surface area (Å²) in [6, 6.07) is 10.7. The number of carbonyl (C=O) groups excluding carboxylic acids is 1. The predicted octanol–water partition coefficient (Wildman–Crippen LogP) is 0.294. The molecule has 7 heteroatoms. The van der Waals surface area contributed by atoms with Crippen LogP contribution in [-0.2, 0) is 15.1 Å². The highest BCUT2D eigenvalue weighted by Gasteiger charge is 2.49. The van der Waals surface area contributed by atoms with Gasteiger partial charge in [0.2, 0.25) is 5.60 Å². The second-order valence-corrected chi connectivity index (χ2v) is 8.38. The van der Waals surface area contributed by atoms with Gasteiger partial charge in [-0.1, -0.05) is 24.3 Å². The van der Waals surface area contributed by atoms with Crippen molar-refractivity contribution < 1.29 is 44.9 Å². The summed E-state index contributed by atoms with van der Waals surface area (Å²) in [5, 5.41) is 11.4. The van der Waals surface area contributed by atoms with Gasteiger partial charge in [0.25, 0.3) is 0 Å². The zero-order chi connectivity index (χ0) is 20.8. The molecule has 2 unspecified atom stereocenters. The monoisotopic (exact) mass is 479 g/mol. The standard InChI is InChI=1S/C23H24F2NO3.BrH/c1-26(2)19-9-10-20(26)14-21(13-19)29-22(27)23(28,15-5-3-7-17(24)11-15)16-6-4-8-18(25)12-16;/h3-12,19-21,28H,13-14H2,1-2H3;1H/q+1;/p-1/t19-,20?,21?;/m1./s1. The molecule has 3 atom stereocenters. The predicted molar refractivity (Wildman–Crippen MR) is 104 cm³/mol. The normalized spacial score (nSPS) is 24.2. The summed E-state index contributed by atoms with van der Waals surface area (Å²) in [5.41, 5.74) is -2.30. The minimum Gasteiger partial charge on any atom is -1.00 e. The number of ether oxygens (including phenoxy) is 1. The average molecular weight is 480 g/mol. The number of quaternary nitrogens is 1. The van der Waals surface area contributed by atoms with Crippen LogP contribution in [0.1, 0.15) is 24.0 Å². The van der Waals surface area contributed by atoms with Crippen molar-refractivity contribution in [2.75, 3.05) is 14.1 Å². The van der Waals surface area contributed by atoms with Crippen LogP contribution in [0.25, 0.3) is 0 Å². The lowest BCUT2D eigenvalue weighted by Crippen LogP contribution is -3.00. The Morgan fingerprint density at radius 3 is 1.90 bits per heavy atom. The number of esters is 1. The molecule has 2 aliphatic heterocycles. The Hall–Kier alpha value is -2.09. The Balaban J connectivity index is 0.00000256. The van der Waals surface area contributed by atoms with Crippen molar-refractivity contribution >= 4 is 5.97 Å². The van der Waals surface area contributed by atoms with E-state index in [2.05, 4.69) is 26.2 Å². The van der Waals surface area contributed by atoms with Crippen LogP contribution in [0.4, 0.5) is 8.78 Å². The lowest BCUT2D eigenvalue weighted by atomic mass is 9.86. The van der Waals surface area contributed by atoms with Crippen LogP contribution in [0, 0.1) is 11.6 Å². The second-order valence-electron chi connectivity index (χ2n) is 8.38. The van der Waals surface area contributed by atoms with E-state index in [1.165, 1.54) is 36.4 Å². The van der Waals surface area contributed by atoms with Crippen LogP contribution in [0.15, 0.2) is 60.7 Å². The van der Waals surface area contributed by atoms with Crippen LogP contribution in [0.5, 0.6) is 0 Å². The molecule has 0 aliphatic carbocycles. The van der Waals surface area contributed by atoms with E-state index in [-0.39, 0.29) is 46.3 Å². The van der Waals surface area contributed by atoms with Gasteiger partial charge in [-0.3, -0.25) is 0 Å². The van der Waals surface area contributed by atoms with E-state index in [1.807, 2.05) is 0 Å². The maximum Gasteiger partial charge on any atom is 0.347 e. The summed E-state index contributed by atoms with van der Waals surface area (Å²) in [6.07, 6.45) is 5.17. The Bertz CT molecular complexity index is 915. The largest absolute Gasteiger partial charge is 1.00 e. The second kappa shape index (κ2) is 8.21. The fourth-order valence-electron chi connectivity index (χ4n) is 4.44. The van der Waals surface area contributed by atoms with E-state index in [4.69, 9.17) is 4.74 Å². The minimum absolute atomic E-state index is 0. The molecule has 2 aromatic rings. The lowest BCUT2D eigenvalue weighted by molar-refractivity contribution is -0.926. The lowest BCUT2D eigenvalue weighted by Gasteiger charge is -2.44. The third-order valence-corrected chi connectivity index (χ3v) is 6.33. The van der Waals surface area contributed by atoms with Gasteiger partial charge in [-0.05, 0) is 36.4 Å². The average Bonchev–Trinajstić information content (AvgIpc) is 2.84. The van der Waals surface area contributed by atoms with Gasteiger partial charge < -0.3 is 31.3 Å². The van der Waals surface area contributed by atoms with Crippen molar-refractivity contribution in [3.05, 3.63) is 83.4 Å². The Morgan fingerprint density at radius 1 is 1.00 bits per heavy atom. The highest BCUT2D eigenvalue weighted by Crippen LogP contribution is 2.38. The van der Waals surface area contributed by atoms with E-state index >= 15 is 0 Å². The van der Waals surface area contributed by atoms with Gasteiger partial charge in [0, 0.05) is 24.0 Å². The smallest absolute Gasteiger partial charge is 0.347 e. The maximum atomic E-state index is 13.9. The van der Waals surface area contributed by atoms with Gasteiger partial charge in [-0.25, -0.2) is 13.6 Å². The van der Waals surface area contributed by atoms with Crippen molar-refractivity contribution in [3.63, 3.8) is 0 Å². The Kier molecular flexibility index (Phi) is 6.18. The van der Waals surface area contributed by atoms with E-state index in [9.17, 15) is 18.7 Å². The fraction of sp³-hybridized carbons (Fsp3) is 0.348. The number of benzene rings is 2. The van der Waals surface area contributed by atoms with Crippen LogP contribution < -0.4 is 17.0 Å². The molecule has 1 fully saturated rings. The summed E-state index contributed by atoms with van der Waals surface area (Å²) in [4.78, 5) is 13.2. The van der Waals surface area contributed by atoms with Crippen LogP contribution in [-0.4, -0.2) is 47.8 Å². The molecule has 0 saturated carbocycles. The first kappa shape index (κ1) is 22.6. The zero-order valence-corrected chi connectivity index (χ0v) is 18.4. The number of rotatable bonds is 4. The van der Waals surface area contributed by atoms with Gasteiger partial charge in [0.15, 0.2) is 0 Å². The summed E-state index contributed by atoms with van der Waals surface area (Å²) in [6.45, 7) is 0. The van der Waals surface area contributed by atoms with Gasteiger partial charge >= 0.3 is 5.97 Å². The maximum absolute atomic E-state index is 13.9. The molecule has 0 spiro atoms. The molecule has 0 radical (unpaired) electrons. The van der Waals surface area contributed by atoms with E-state index < -0.39 is 23.2 Å². The van der Waals surface area contributed by atoms with Gasteiger partial charge in [0.05, 0.1) is 14.1 Å². The third-order valence-electron chi connectivity index (χ3n) is 6.33. The van der Waals surface area contributed by atoms with Crippen molar-refractivity contribution in [1.29, 1.82) is 0 Å². The summed E-state index contributed by atoms with van der Waals surface area (Å²) >= 11 is 0. The molecule has 4 rings (SSSR count). The Morgan fingerprint density at radius 2 is 1.47 bits per heavy atom. The molecule has 30 heavy (non-hydrogen) atoms. The minimum atomic E-state index is -2.31. The molecular formula is C23H24BrF2NO3. The SMILES string of the molecule is C[N+]1(C)C2C=C[C@@H]1CC(OC(=O)C(O)(c1cccc(F)c1)c1cccc(F)c1)C2.[Br-]. The molecular weight excluding hydrogens is 456 g/mol.